The number of carbonyl (C=O) groups is 2. The predicted octanol–water partition coefficient (Wildman–Crippen LogP) is 7.34. The molecule has 4 heteroatoms. The summed E-state index contributed by atoms with van der Waals surface area (Å²) in [4.78, 5) is 25.3. The Balaban J connectivity index is 1.36. The summed E-state index contributed by atoms with van der Waals surface area (Å²) < 4.78 is 12.2. The van der Waals surface area contributed by atoms with E-state index in [1.165, 1.54) is 32.1 Å². The predicted molar refractivity (Wildman–Crippen MR) is 140 cm³/mol. The van der Waals surface area contributed by atoms with Gasteiger partial charge in [-0.15, -0.1) is 0 Å². The highest BCUT2D eigenvalue weighted by molar-refractivity contribution is 5.81. The van der Waals surface area contributed by atoms with E-state index in [1.807, 2.05) is 0 Å². The van der Waals surface area contributed by atoms with Crippen molar-refractivity contribution in [3.05, 3.63) is 0 Å². The minimum atomic E-state index is -0.210. The maximum Gasteiger partial charge on any atom is 0.312 e. The summed E-state index contributed by atoms with van der Waals surface area (Å²) in [5, 5.41) is 0. The van der Waals surface area contributed by atoms with E-state index in [2.05, 4.69) is 48.5 Å². The average Bonchev–Trinajstić information content (AvgIpc) is 3.03. The largest absolute Gasteiger partial charge is 0.462 e. The smallest absolute Gasteiger partial charge is 0.312 e. The van der Waals surface area contributed by atoms with Crippen molar-refractivity contribution >= 4 is 11.9 Å². The van der Waals surface area contributed by atoms with Crippen molar-refractivity contribution < 1.29 is 19.1 Å². The summed E-state index contributed by atoms with van der Waals surface area (Å²) in [5.41, 5.74) is 0.665. The van der Waals surface area contributed by atoms with Crippen LogP contribution < -0.4 is 0 Å². The molecule has 6 aliphatic rings. The van der Waals surface area contributed by atoms with Crippen LogP contribution in [0.1, 0.15) is 120 Å². The van der Waals surface area contributed by atoms with Crippen LogP contribution >= 0.6 is 0 Å². The van der Waals surface area contributed by atoms with Gasteiger partial charge in [-0.1, -0.05) is 48.5 Å². The summed E-state index contributed by atoms with van der Waals surface area (Å²) in [6, 6.07) is 0. The molecule has 0 aromatic rings. The fraction of sp³-hybridized carbons (Fsp3) is 0.938. The number of fused-ring (bicyclic) bond motifs is 5. The lowest BCUT2D eigenvalue weighted by Crippen LogP contribution is -2.68. The summed E-state index contributed by atoms with van der Waals surface area (Å²) >= 11 is 0. The van der Waals surface area contributed by atoms with Gasteiger partial charge in [0, 0.05) is 23.7 Å². The van der Waals surface area contributed by atoms with Gasteiger partial charge >= 0.3 is 11.9 Å². The Kier molecular flexibility index (Phi) is 5.13. The van der Waals surface area contributed by atoms with Crippen molar-refractivity contribution in [3.8, 4) is 0 Å². The summed E-state index contributed by atoms with van der Waals surface area (Å²) in [5.74, 6) is 2.23. The van der Waals surface area contributed by atoms with E-state index in [1.54, 1.807) is 6.92 Å². The molecule has 5 saturated carbocycles. The van der Waals surface area contributed by atoms with Crippen molar-refractivity contribution in [2.45, 2.75) is 132 Å². The van der Waals surface area contributed by atoms with Crippen LogP contribution in [0.25, 0.3) is 0 Å². The van der Waals surface area contributed by atoms with E-state index < -0.39 is 0 Å². The van der Waals surface area contributed by atoms with E-state index >= 15 is 0 Å². The lowest BCUT2D eigenvalue weighted by atomic mass is 9.31. The standard InChI is InChI=1S/C32H50O4/c1-19(33)35-23-12-13-29(6)21(28(23,4)5)11-14-31(8)22(29)10-9-20-24-25-27(2,3)15-17-32(24,26(34)36-25)18-16-30(20,31)7/h20-25H,9-18H2,1-8H3/t20-,21-,22+,23-,24-,25-,29+,30-,31-,32+/m1/s1. The number of rotatable bonds is 1. The zero-order chi connectivity index (χ0) is 26.1. The number of ether oxygens (including phenoxy) is 2. The molecule has 6 rings (SSSR count). The fourth-order valence-electron chi connectivity index (χ4n) is 12.2. The van der Waals surface area contributed by atoms with Gasteiger partial charge in [-0.25, -0.2) is 0 Å². The SMILES string of the molecule is CC(=O)O[C@@H]1CC[C@@]2(C)[C@H](CC[C@]3(C)[C@H]2CC[C@@H]2[C@@H]4[C@H]5OC(=O)[C@@]4(CCC5(C)C)CC[C@]23C)C1(C)C. The minimum Gasteiger partial charge on any atom is -0.462 e. The van der Waals surface area contributed by atoms with Crippen molar-refractivity contribution in [2.24, 2.45) is 56.2 Å². The minimum absolute atomic E-state index is 0.00113. The van der Waals surface area contributed by atoms with Crippen LogP contribution in [0.4, 0.5) is 0 Å². The van der Waals surface area contributed by atoms with Gasteiger partial charge in [0.2, 0.25) is 0 Å². The molecule has 1 saturated heterocycles. The topological polar surface area (TPSA) is 52.6 Å². The van der Waals surface area contributed by atoms with Crippen LogP contribution in [0.5, 0.6) is 0 Å². The molecular formula is C32H50O4. The van der Waals surface area contributed by atoms with Gasteiger partial charge in [0.05, 0.1) is 5.41 Å². The molecule has 0 aromatic heterocycles. The van der Waals surface area contributed by atoms with Crippen LogP contribution in [0.3, 0.4) is 0 Å². The van der Waals surface area contributed by atoms with Gasteiger partial charge in [-0.2, -0.15) is 0 Å². The number of hydrogen-bond donors (Lipinski definition) is 0. The number of carbonyl (C=O) groups excluding carboxylic acids is 2. The summed E-state index contributed by atoms with van der Waals surface area (Å²) in [6.07, 6.45) is 11.6. The zero-order valence-electron chi connectivity index (χ0n) is 24.2. The quantitative estimate of drug-likeness (QED) is 0.355. The number of hydrogen-bond acceptors (Lipinski definition) is 4. The van der Waals surface area contributed by atoms with Gasteiger partial charge < -0.3 is 9.47 Å². The molecule has 0 unspecified atom stereocenters. The van der Waals surface area contributed by atoms with Gasteiger partial charge in [0.1, 0.15) is 12.2 Å². The maximum atomic E-state index is 13.4. The summed E-state index contributed by atoms with van der Waals surface area (Å²) in [7, 11) is 0. The van der Waals surface area contributed by atoms with Gasteiger partial charge in [-0.3, -0.25) is 9.59 Å². The zero-order valence-corrected chi connectivity index (χ0v) is 24.2. The molecule has 0 spiro atoms. The third-order valence-corrected chi connectivity index (χ3v) is 14.3. The highest BCUT2D eigenvalue weighted by Gasteiger charge is 2.75. The second kappa shape index (κ2) is 7.32. The second-order valence-corrected chi connectivity index (χ2v) is 16.1. The Morgan fingerprint density at radius 3 is 2.19 bits per heavy atom. The highest BCUT2D eigenvalue weighted by atomic mass is 16.6. The van der Waals surface area contributed by atoms with Crippen LogP contribution in [0, 0.1) is 56.2 Å². The Hall–Kier alpha value is -1.06. The lowest BCUT2D eigenvalue weighted by molar-refractivity contribution is -0.254. The van der Waals surface area contributed by atoms with Gasteiger partial charge in [0.25, 0.3) is 0 Å². The molecule has 6 fully saturated rings. The van der Waals surface area contributed by atoms with Crippen molar-refractivity contribution in [3.63, 3.8) is 0 Å². The van der Waals surface area contributed by atoms with E-state index in [4.69, 9.17) is 9.47 Å². The first-order valence-electron chi connectivity index (χ1n) is 15.0. The third-order valence-electron chi connectivity index (χ3n) is 14.3. The van der Waals surface area contributed by atoms with E-state index in [9.17, 15) is 9.59 Å². The van der Waals surface area contributed by atoms with Gasteiger partial charge in [0.15, 0.2) is 0 Å². The molecule has 4 nitrogen and oxygen atoms in total. The number of esters is 2. The fourth-order valence-corrected chi connectivity index (χ4v) is 12.2. The molecule has 0 N–H and O–H groups in total. The molecule has 1 heterocycles. The van der Waals surface area contributed by atoms with Crippen molar-refractivity contribution in [2.75, 3.05) is 0 Å². The highest BCUT2D eigenvalue weighted by Crippen LogP contribution is 2.78. The molecule has 0 aromatic carbocycles. The molecule has 2 bridgehead atoms. The molecule has 1 aliphatic heterocycles. The Morgan fingerprint density at radius 2 is 1.50 bits per heavy atom. The molecule has 10 atom stereocenters. The second-order valence-electron chi connectivity index (χ2n) is 16.1. The van der Waals surface area contributed by atoms with Crippen molar-refractivity contribution in [1.82, 2.24) is 0 Å². The van der Waals surface area contributed by atoms with Crippen molar-refractivity contribution in [1.29, 1.82) is 0 Å². The first-order chi connectivity index (χ1) is 16.6. The van der Waals surface area contributed by atoms with E-state index in [-0.39, 0.29) is 56.6 Å². The molecule has 36 heavy (non-hydrogen) atoms. The first-order valence-corrected chi connectivity index (χ1v) is 15.0. The van der Waals surface area contributed by atoms with E-state index in [0.717, 1.165) is 32.1 Å². The molecule has 5 aliphatic carbocycles. The molecule has 202 valence electrons. The Morgan fingerprint density at radius 1 is 0.806 bits per heavy atom. The first kappa shape index (κ1) is 25.2. The van der Waals surface area contributed by atoms with Crippen LogP contribution in [0.2, 0.25) is 0 Å². The summed E-state index contributed by atoms with van der Waals surface area (Å²) in [6.45, 7) is 18.9. The lowest BCUT2D eigenvalue weighted by Gasteiger charge is -2.73. The molecule has 0 amide bonds. The Bertz CT molecular complexity index is 983. The Labute approximate surface area is 219 Å². The van der Waals surface area contributed by atoms with Crippen LogP contribution in [-0.2, 0) is 19.1 Å². The van der Waals surface area contributed by atoms with Crippen LogP contribution in [0.15, 0.2) is 0 Å². The normalized spacial score (nSPS) is 54.3. The average molecular weight is 499 g/mol. The molecule has 0 radical (unpaired) electrons. The van der Waals surface area contributed by atoms with Gasteiger partial charge in [-0.05, 0) is 98.2 Å². The van der Waals surface area contributed by atoms with Crippen LogP contribution in [-0.4, -0.2) is 24.1 Å². The molecular weight excluding hydrogens is 448 g/mol. The van der Waals surface area contributed by atoms with E-state index in [0.29, 0.717) is 23.7 Å². The maximum absolute atomic E-state index is 13.4. The monoisotopic (exact) mass is 498 g/mol. The third kappa shape index (κ3) is 2.83.